The Balaban J connectivity index is 1.40. The molecule has 3 aromatic heterocycles. The highest BCUT2D eigenvalue weighted by molar-refractivity contribution is 6.33. The second-order valence-corrected chi connectivity index (χ2v) is 7.73. The Morgan fingerprint density at radius 2 is 1.93 bits per heavy atom. The molecule has 4 aromatic rings. The van der Waals surface area contributed by atoms with Crippen molar-refractivity contribution in [3.8, 4) is 23.1 Å². The highest BCUT2D eigenvalue weighted by atomic mass is 35.5. The maximum absolute atomic E-state index is 9.32. The molecule has 1 aliphatic heterocycles. The lowest BCUT2D eigenvalue weighted by Crippen LogP contribution is -2.17. The number of aromatic nitrogens is 4. The molecule has 1 unspecified atom stereocenters. The van der Waals surface area contributed by atoms with Gasteiger partial charge in [0.2, 0.25) is 0 Å². The van der Waals surface area contributed by atoms with E-state index in [0.29, 0.717) is 27.6 Å². The summed E-state index contributed by atoms with van der Waals surface area (Å²) in [5.41, 5.74) is 3.99. The van der Waals surface area contributed by atoms with E-state index in [1.165, 1.54) is 24.6 Å². The first-order valence-electron chi connectivity index (χ1n) is 9.81. The maximum atomic E-state index is 9.32. The summed E-state index contributed by atoms with van der Waals surface area (Å²) >= 11 is 6.51. The van der Waals surface area contributed by atoms with Gasteiger partial charge in [0.1, 0.15) is 0 Å². The van der Waals surface area contributed by atoms with Gasteiger partial charge in [-0.05, 0) is 43.1 Å². The number of aromatic amines is 1. The number of ether oxygens (including phenoxy) is 1. The summed E-state index contributed by atoms with van der Waals surface area (Å²) in [7, 11) is 0. The molecule has 5 rings (SSSR count). The number of halogens is 1. The molecule has 1 aliphatic rings. The summed E-state index contributed by atoms with van der Waals surface area (Å²) < 4.78 is 10.8. The van der Waals surface area contributed by atoms with Gasteiger partial charge in [0, 0.05) is 30.4 Å². The van der Waals surface area contributed by atoms with Crippen LogP contribution < -0.4 is 9.64 Å². The molecule has 1 aromatic carbocycles. The number of hydrogen-bond acceptors (Lipinski definition) is 7. The number of nitrogens with zero attached hydrogens (tertiary/aromatic N) is 4. The van der Waals surface area contributed by atoms with Gasteiger partial charge in [0.15, 0.2) is 17.5 Å². The lowest BCUT2D eigenvalue weighted by molar-refractivity contribution is 0.169. The number of hydrogen-bond donors (Lipinski definition) is 2. The Morgan fingerprint density at radius 3 is 2.63 bits per heavy atom. The van der Waals surface area contributed by atoms with Crippen LogP contribution in [0.5, 0.6) is 11.9 Å². The molecule has 8 nitrogen and oxygen atoms in total. The molecule has 0 saturated carbocycles. The third-order valence-electron chi connectivity index (χ3n) is 5.22. The number of nitrogens with one attached hydrogen (secondary N) is 1. The standard InChI is InChI=1S/C21H20ClN5O3/c1-12(17-11-18(28)26-30-17)29-21-23-16-10-15(22)19(24-20(16)25-21)13-4-6-14(7-5-13)27-8-2-3-9-27/h4-7,10-12H,2-3,8-9H2,1H3,(H,26,28)(H,23,24,25). The SMILES string of the molecule is CC(Oc1nc2nc(-c3ccc(N4CCCC4)cc3)c(Cl)cc2[nH]1)c1cc(O)no1. The normalized spacial score (nSPS) is 15.1. The van der Waals surface area contributed by atoms with E-state index in [1.54, 1.807) is 13.0 Å². The number of imidazole rings is 1. The van der Waals surface area contributed by atoms with Crippen LogP contribution in [0.2, 0.25) is 5.02 Å². The highest BCUT2D eigenvalue weighted by Gasteiger charge is 2.18. The number of rotatable bonds is 5. The summed E-state index contributed by atoms with van der Waals surface area (Å²) in [5, 5.41) is 13.3. The summed E-state index contributed by atoms with van der Waals surface area (Å²) in [6, 6.07) is 11.8. The van der Waals surface area contributed by atoms with Gasteiger partial charge >= 0.3 is 0 Å². The van der Waals surface area contributed by atoms with Crippen LogP contribution in [0.15, 0.2) is 40.9 Å². The molecule has 2 N–H and O–H groups in total. The number of benzene rings is 1. The second kappa shape index (κ2) is 7.53. The summed E-state index contributed by atoms with van der Waals surface area (Å²) in [5.74, 6) is 0.191. The predicted molar refractivity (Wildman–Crippen MR) is 113 cm³/mol. The monoisotopic (exact) mass is 425 g/mol. The number of fused-ring (bicyclic) bond motifs is 1. The van der Waals surface area contributed by atoms with Gasteiger partial charge in [-0.15, -0.1) is 0 Å². The van der Waals surface area contributed by atoms with Crippen molar-refractivity contribution in [2.45, 2.75) is 25.9 Å². The van der Waals surface area contributed by atoms with Crippen molar-refractivity contribution in [1.29, 1.82) is 0 Å². The van der Waals surface area contributed by atoms with Crippen LogP contribution >= 0.6 is 11.6 Å². The van der Waals surface area contributed by atoms with Gasteiger partial charge < -0.3 is 24.3 Å². The van der Waals surface area contributed by atoms with Crippen molar-refractivity contribution in [3.05, 3.63) is 47.2 Å². The molecule has 1 fully saturated rings. The third kappa shape index (κ3) is 3.54. The van der Waals surface area contributed by atoms with Crippen LogP contribution in [-0.4, -0.2) is 38.3 Å². The lowest BCUT2D eigenvalue weighted by Gasteiger charge is -2.17. The molecule has 0 amide bonds. The zero-order valence-corrected chi connectivity index (χ0v) is 17.1. The first kappa shape index (κ1) is 18.7. The van der Waals surface area contributed by atoms with Crippen LogP contribution in [0, 0.1) is 0 Å². The largest absolute Gasteiger partial charge is 0.491 e. The van der Waals surface area contributed by atoms with E-state index < -0.39 is 6.10 Å². The van der Waals surface area contributed by atoms with Gasteiger partial charge in [0.05, 0.1) is 16.2 Å². The zero-order valence-electron chi connectivity index (χ0n) is 16.3. The maximum Gasteiger partial charge on any atom is 0.296 e. The molecule has 1 saturated heterocycles. The summed E-state index contributed by atoms with van der Waals surface area (Å²) in [6.07, 6.45) is 1.99. The fraction of sp³-hybridized carbons (Fsp3) is 0.286. The first-order valence-corrected chi connectivity index (χ1v) is 10.2. The first-order chi connectivity index (χ1) is 14.6. The van der Waals surface area contributed by atoms with Gasteiger partial charge in [-0.2, -0.15) is 4.98 Å². The van der Waals surface area contributed by atoms with Crippen molar-refractivity contribution in [2.24, 2.45) is 0 Å². The molecule has 0 spiro atoms. The molecule has 4 heterocycles. The molecule has 154 valence electrons. The van der Waals surface area contributed by atoms with E-state index in [2.05, 4.69) is 37.1 Å². The smallest absolute Gasteiger partial charge is 0.296 e. The van der Waals surface area contributed by atoms with Crippen molar-refractivity contribution >= 4 is 28.5 Å². The summed E-state index contributed by atoms with van der Waals surface area (Å²) in [6.45, 7) is 3.97. The molecule has 0 radical (unpaired) electrons. The number of anilines is 1. The van der Waals surface area contributed by atoms with Gasteiger partial charge in [-0.25, -0.2) is 4.98 Å². The van der Waals surface area contributed by atoms with E-state index in [1.807, 2.05) is 12.1 Å². The predicted octanol–water partition coefficient (Wildman–Crippen LogP) is 4.71. The average molecular weight is 426 g/mol. The molecule has 0 bridgehead atoms. The molecule has 0 aliphatic carbocycles. The van der Waals surface area contributed by atoms with Crippen LogP contribution in [0.1, 0.15) is 31.6 Å². The van der Waals surface area contributed by atoms with E-state index >= 15 is 0 Å². The third-order valence-corrected chi connectivity index (χ3v) is 5.51. The summed E-state index contributed by atoms with van der Waals surface area (Å²) in [4.78, 5) is 14.5. The Kier molecular flexibility index (Phi) is 4.71. The fourth-order valence-corrected chi connectivity index (χ4v) is 3.92. The van der Waals surface area contributed by atoms with Gasteiger partial charge in [-0.3, -0.25) is 0 Å². The second-order valence-electron chi connectivity index (χ2n) is 7.32. The Bertz CT molecular complexity index is 1180. The molecule has 1 atom stereocenters. The molecule has 9 heteroatoms. The Hall–Kier alpha value is -3.26. The Labute approximate surface area is 177 Å². The zero-order chi connectivity index (χ0) is 20.7. The fourth-order valence-electron chi connectivity index (χ4n) is 3.66. The van der Waals surface area contributed by atoms with Crippen molar-refractivity contribution in [3.63, 3.8) is 0 Å². The highest BCUT2D eigenvalue weighted by Crippen LogP contribution is 2.32. The van der Waals surface area contributed by atoms with Crippen molar-refractivity contribution < 1.29 is 14.4 Å². The molecular formula is C21H20ClN5O3. The number of aromatic hydroxyl groups is 1. The van der Waals surface area contributed by atoms with E-state index in [4.69, 9.17) is 20.9 Å². The number of pyridine rings is 1. The van der Waals surface area contributed by atoms with E-state index in [-0.39, 0.29) is 11.9 Å². The van der Waals surface area contributed by atoms with E-state index in [9.17, 15) is 5.11 Å². The van der Waals surface area contributed by atoms with Crippen LogP contribution in [0.4, 0.5) is 5.69 Å². The van der Waals surface area contributed by atoms with Gasteiger partial charge in [-0.1, -0.05) is 23.7 Å². The van der Waals surface area contributed by atoms with Crippen LogP contribution in [0.25, 0.3) is 22.4 Å². The minimum absolute atomic E-state index is 0.195. The minimum Gasteiger partial charge on any atom is -0.491 e. The lowest BCUT2D eigenvalue weighted by atomic mass is 10.1. The topological polar surface area (TPSA) is 100 Å². The van der Waals surface area contributed by atoms with Gasteiger partial charge in [0.25, 0.3) is 11.9 Å². The molecular weight excluding hydrogens is 406 g/mol. The van der Waals surface area contributed by atoms with Crippen LogP contribution in [-0.2, 0) is 0 Å². The Morgan fingerprint density at radius 1 is 1.17 bits per heavy atom. The van der Waals surface area contributed by atoms with E-state index in [0.717, 1.165) is 18.7 Å². The molecule has 30 heavy (non-hydrogen) atoms. The van der Waals surface area contributed by atoms with Crippen LogP contribution in [0.3, 0.4) is 0 Å². The quantitative estimate of drug-likeness (QED) is 0.477. The van der Waals surface area contributed by atoms with Crippen molar-refractivity contribution in [2.75, 3.05) is 18.0 Å². The van der Waals surface area contributed by atoms with Crippen molar-refractivity contribution in [1.82, 2.24) is 20.1 Å². The number of H-pyrrole nitrogens is 1. The minimum atomic E-state index is -0.493. The average Bonchev–Trinajstić information content (AvgIpc) is 3.48.